The molecule has 2 rings (SSSR count). The molecule has 18 heavy (non-hydrogen) atoms. The van der Waals surface area contributed by atoms with Gasteiger partial charge in [0.1, 0.15) is 11.5 Å². The Balaban J connectivity index is 2.05. The van der Waals surface area contributed by atoms with Gasteiger partial charge in [-0.1, -0.05) is 30.3 Å². The van der Waals surface area contributed by atoms with E-state index in [9.17, 15) is 0 Å². The number of nitrogens with zero attached hydrogens (tertiary/aromatic N) is 2. The van der Waals surface area contributed by atoms with Gasteiger partial charge in [-0.2, -0.15) is 15.4 Å². The number of hydrogen-bond donors (Lipinski definition) is 4. The number of nitrogens with one attached hydrogen (secondary N) is 1. The summed E-state index contributed by atoms with van der Waals surface area (Å²) in [5.74, 6) is -1.11. The summed E-state index contributed by atoms with van der Waals surface area (Å²) < 4.78 is 0. The zero-order valence-corrected chi connectivity index (χ0v) is 10.1. The minimum Gasteiger partial charge on any atom is -0.301 e. The van der Waals surface area contributed by atoms with E-state index in [1.807, 2.05) is 30.3 Å². The van der Waals surface area contributed by atoms with Gasteiger partial charge in [-0.25, -0.2) is 0 Å². The smallest absolute Gasteiger partial charge is 0.115 e. The van der Waals surface area contributed by atoms with E-state index in [1.54, 1.807) is 0 Å². The summed E-state index contributed by atoms with van der Waals surface area (Å²) in [7, 11) is 0. The Hall–Kier alpha value is -1.76. The number of nitrogens with two attached hydrogens (primary N) is 3. The van der Waals surface area contributed by atoms with Crippen LogP contribution in [0.2, 0.25) is 0 Å². The molecule has 1 aromatic carbocycles. The fourth-order valence-corrected chi connectivity index (χ4v) is 1.82. The Bertz CT molecular complexity index is 485. The van der Waals surface area contributed by atoms with Crippen molar-refractivity contribution in [2.45, 2.75) is 25.0 Å². The van der Waals surface area contributed by atoms with Crippen molar-refractivity contribution >= 4 is 0 Å². The van der Waals surface area contributed by atoms with Crippen molar-refractivity contribution in [1.29, 1.82) is 0 Å². The summed E-state index contributed by atoms with van der Waals surface area (Å²) in [5, 5.41) is 11.0. The fourth-order valence-electron chi connectivity index (χ4n) is 1.82. The standard InChI is InChI=1S/C12H18N6/c13-12(14,15)8-4-7-10-11(17-18-16-10)9-5-2-1-3-6-9/h1-3,5-6H,4,7-8,13-15H2,(H,16,17,18). The van der Waals surface area contributed by atoms with Gasteiger partial charge in [-0.3, -0.25) is 0 Å². The highest BCUT2D eigenvalue weighted by atomic mass is 15.3. The number of aromatic amines is 1. The Kier molecular flexibility index (Phi) is 3.71. The molecule has 1 heterocycles. The number of hydrogen-bond acceptors (Lipinski definition) is 5. The highest BCUT2D eigenvalue weighted by Crippen LogP contribution is 2.20. The average Bonchev–Trinajstić information content (AvgIpc) is 2.77. The van der Waals surface area contributed by atoms with Crippen molar-refractivity contribution in [3.63, 3.8) is 0 Å². The van der Waals surface area contributed by atoms with E-state index in [4.69, 9.17) is 17.2 Å². The number of aryl methyl sites for hydroxylation is 1. The lowest BCUT2D eigenvalue weighted by Crippen LogP contribution is -2.57. The molecule has 0 aliphatic heterocycles. The van der Waals surface area contributed by atoms with Crippen molar-refractivity contribution in [3.8, 4) is 11.3 Å². The molecule has 0 atom stereocenters. The molecule has 0 saturated heterocycles. The van der Waals surface area contributed by atoms with Crippen LogP contribution in [0.5, 0.6) is 0 Å². The van der Waals surface area contributed by atoms with Gasteiger partial charge in [0, 0.05) is 5.56 Å². The van der Waals surface area contributed by atoms with E-state index in [1.165, 1.54) is 0 Å². The van der Waals surface area contributed by atoms with Crippen LogP contribution in [0.1, 0.15) is 18.5 Å². The van der Waals surface area contributed by atoms with Crippen LogP contribution in [0.25, 0.3) is 11.3 Å². The van der Waals surface area contributed by atoms with Crippen molar-refractivity contribution in [1.82, 2.24) is 15.4 Å². The molecule has 0 spiro atoms. The highest BCUT2D eigenvalue weighted by Gasteiger charge is 2.14. The number of benzene rings is 1. The largest absolute Gasteiger partial charge is 0.301 e. The third-order valence-electron chi connectivity index (χ3n) is 2.69. The predicted molar refractivity (Wildman–Crippen MR) is 70.0 cm³/mol. The first-order chi connectivity index (χ1) is 8.56. The van der Waals surface area contributed by atoms with Crippen LogP contribution < -0.4 is 17.2 Å². The molecule has 0 aliphatic carbocycles. The Morgan fingerprint density at radius 2 is 1.78 bits per heavy atom. The molecule has 0 fully saturated rings. The average molecular weight is 246 g/mol. The monoisotopic (exact) mass is 246 g/mol. The van der Waals surface area contributed by atoms with Gasteiger partial charge in [0.2, 0.25) is 0 Å². The molecule has 96 valence electrons. The molecule has 7 N–H and O–H groups in total. The number of rotatable bonds is 5. The fraction of sp³-hybridized carbons (Fsp3) is 0.333. The van der Waals surface area contributed by atoms with Crippen LogP contribution in [0.4, 0.5) is 0 Å². The quantitative estimate of drug-likeness (QED) is 0.566. The van der Waals surface area contributed by atoms with E-state index < -0.39 is 5.79 Å². The molecule has 0 radical (unpaired) electrons. The third-order valence-corrected chi connectivity index (χ3v) is 2.69. The summed E-state index contributed by atoms with van der Waals surface area (Å²) in [4.78, 5) is 0. The maximum absolute atomic E-state index is 5.54. The van der Waals surface area contributed by atoms with Crippen LogP contribution in [0.3, 0.4) is 0 Å². The van der Waals surface area contributed by atoms with Gasteiger partial charge in [0.15, 0.2) is 0 Å². The van der Waals surface area contributed by atoms with Crippen LogP contribution in [0.15, 0.2) is 30.3 Å². The summed E-state index contributed by atoms with van der Waals surface area (Å²) >= 11 is 0. The van der Waals surface area contributed by atoms with Crippen LogP contribution in [-0.4, -0.2) is 21.2 Å². The first kappa shape index (κ1) is 12.7. The Morgan fingerprint density at radius 1 is 1.06 bits per heavy atom. The molecular weight excluding hydrogens is 228 g/mol. The van der Waals surface area contributed by atoms with E-state index in [0.29, 0.717) is 6.42 Å². The number of aromatic nitrogens is 3. The Labute approximate surface area is 106 Å². The minimum atomic E-state index is -1.11. The summed E-state index contributed by atoms with van der Waals surface area (Å²) in [6.07, 6.45) is 2.05. The Morgan fingerprint density at radius 3 is 2.44 bits per heavy atom. The topological polar surface area (TPSA) is 120 Å². The normalized spacial score (nSPS) is 11.7. The van der Waals surface area contributed by atoms with Gasteiger partial charge in [0.05, 0.1) is 5.69 Å². The van der Waals surface area contributed by atoms with Gasteiger partial charge >= 0.3 is 0 Å². The van der Waals surface area contributed by atoms with Crippen molar-refractivity contribution in [3.05, 3.63) is 36.0 Å². The van der Waals surface area contributed by atoms with Gasteiger partial charge < -0.3 is 17.2 Å². The predicted octanol–water partition coefficient (Wildman–Crippen LogP) is 0.324. The van der Waals surface area contributed by atoms with Crippen molar-refractivity contribution in [2.24, 2.45) is 17.2 Å². The second kappa shape index (κ2) is 5.26. The second-order valence-electron chi connectivity index (χ2n) is 4.45. The van der Waals surface area contributed by atoms with Crippen molar-refractivity contribution < 1.29 is 0 Å². The summed E-state index contributed by atoms with van der Waals surface area (Å²) in [6.45, 7) is 0. The van der Waals surface area contributed by atoms with Crippen LogP contribution in [0, 0.1) is 0 Å². The molecule has 2 aromatic rings. The molecule has 6 nitrogen and oxygen atoms in total. The number of H-pyrrole nitrogens is 1. The maximum Gasteiger partial charge on any atom is 0.115 e. The van der Waals surface area contributed by atoms with Gasteiger partial charge in [-0.05, 0) is 19.3 Å². The lowest BCUT2D eigenvalue weighted by atomic mass is 10.1. The maximum atomic E-state index is 5.54. The zero-order chi connectivity index (χ0) is 13.0. The van der Waals surface area contributed by atoms with Gasteiger partial charge in [-0.15, -0.1) is 0 Å². The first-order valence-electron chi connectivity index (χ1n) is 5.88. The zero-order valence-electron chi connectivity index (χ0n) is 10.1. The lowest BCUT2D eigenvalue weighted by Gasteiger charge is -2.17. The molecule has 0 unspecified atom stereocenters. The molecule has 0 saturated carbocycles. The van der Waals surface area contributed by atoms with E-state index in [0.717, 1.165) is 29.8 Å². The molecule has 6 heteroatoms. The summed E-state index contributed by atoms with van der Waals surface area (Å²) in [5.41, 5.74) is 19.4. The van der Waals surface area contributed by atoms with E-state index >= 15 is 0 Å². The van der Waals surface area contributed by atoms with E-state index in [2.05, 4.69) is 15.4 Å². The van der Waals surface area contributed by atoms with Crippen molar-refractivity contribution in [2.75, 3.05) is 0 Å². The third kappa shape index (κ3) is 3.36. The molecule has 1 aromatic heterocycles. The van der Waals surface area contributed by atoms with Crippen LogP contribution >= 0.6 is 0 Å². The molecule has 0 amide bonds. The molecule has 0 aliphatic rings. The van der Waals surface area contributed by atoms with Crippen LogP contribution in [-0.2, 0) is 6.42 Å². The lowest BCUT2D eigenvalue weighted by molar-refractivity contribution is 0.411. The highest BCUT2D eigenvalue weighted by molar-refractivity contribution is 5.60. The second-order valence-corrected chi connectivity index (χ2v) is 4.45. The van der Waals surface area contributed by atoms with Gasteiger partial charge in [0.25, 0.3) is 0 Å². The molecule has 0 bridgehead atoms. The molecular formula is C12H18N6. The van der Waals surface area contributed by atoms with E-state index in [-0.39, 0.29) is 0 Å². The SMILES string of the molecule is NC(N)(N)CCCc1n[nH]nc1-c1ccccc1. The minimum absolute atomic E-state index is 0.536. The summed E-state index contributed by atoms with van der Waals surface area (Å²) in [6, 6.07) is 9.91. The first-order valence-corrected chi connectivity index (χ1v) is 5.88.